The molecule has 130 valence electrons. The number of nitrogens with one attached hydrogen (secondary N) is 2. The second-order valence-electron chi connectivity index (χ2n) is 6.18. The van der Waals surface area contributed by atoms with Crippen molar-refractivity contribution in [2.24, 2.45) is 0 Å². The Balaban J connectivity index is 1.89. The van der Waals surface area contributed by atoms with Crippen LogP contribution in [0.2, 0.25) is 10.0 Å². The number of rotatable bonds is 4. The molecule has 2 heterocycles. The monoisotopic (exact) mass is 381 g/mol. The first-order valence-corrected chi connectivity index (χ1v) is 9.09. The fraction of sp³-hybridized carbons (Fsp3) is 0.0952. The predicted octanol–water partition coefficient (Wildman–Crippen LogP) is 6.38. The van der Waals surface area contributed by atoms with Gasteiger partial charge in [0.05, 0.1) is 16.1 Å². The van der Waals surface area contributed by atoms with Crippen LogP contribution in [0.1, 0.15) is 22.9 Å². The van der Waals surface area contributed by atoms with Gasteiger partial charge in [0.25, 0.3) is 0 Å². The van der Waals surface area contributed by atoms with Gasteiger partial charge in [0, 0.05) is 28.4 Å². The molecular weight excluding hydrogens is 365 g/mol. The van der Waals surface area contributed by atoms with E-state index in [1.807, 2.05) is 48.5 Å². The quantitative estimate of drug-likeness (QED) is 0.430. The van der Waals surface area contributed by atoms with Crippen LogP contribution in [0.5, 0.6) is 0 Å². The molecule has 3 nitrogen and oxygen atoms in total. The summed E-state index contributed by atoms with van der Waals surface area (Å²) in [5.74, 6) is 0.799. The molecular formula is C21H17Cl2N3. The molecule has 0 spiro atoms. The van der Waals surface area contributed by atoms with Gasteiger partial charge in [-0.3, -0.25) is 0 Å². The molecule has 0 saturated carbocycles. The highest BCUT2D eigenvalue weighted by atomic mass is 35.5. The number of pyridine rings is 1. The summed E-state index contributed by atoms with van der Waals surface area (Å²) in [5.41, 5.74) is 4.40. The van der Waals surface area contributed by atoms with Crippen molar-refractivity contribution in [3.63, 3.8) is 0 Å². The molecule has 26 heavy (non-hydrogen) atoms. The summed E-state index contributed by atoms with van der Waals surface area (Å²) >= 11 is 12.4. The SMILES string of the molecule is Cc1[nH]c2ccccc2c1C(Nc1ccccn1)c1ccc(Cl)c(Cl)c1. The number of halogens is 2. The van der Waals surface area contributed by atoms with Gasteiger partial charge in [0.1, 0.15) is 5.82 Å². The third-order valence-electron chi connectivity index (χ3n) is 4.47. The van der Waals surface area contributed by atoms with Crippen LogP contribution >= 0.6 is 23.2 Å². The molecule has 2 aromatic heterocycles. The zero-order valence-corrected chi connectivity index (χ0v) is 15.6. The van der Waals surface area contributed by atoms with Crippen LogP contribution < -0.4 is 5.32 Å². The number of aromatic nitrogens is 2. The van der Waals surface area contributed by atoms with Crippen molar-refractivity contribution < 1.29 is 0 Å². The summed E-state index contributed by atoms with van der Waals surface area (Å²) in [6, 6.07) is 19.7. The smallest absolute Gasteiger partial charge is 0.126 e. The predicted molar refractivity (Wildman–Crippen MR) is 109 cm³/mol. The van der Waals surface area contributed by atoms with E-state index in [-0.39, 0.29) is 6.04 Å². The van der Waals surface area contributed by atoms with Crippen molar-refractivity contribution in [2.75, 3.05) is 5.32 Å². The normalized spacial score (nSPS) is 12.3. The lowest BCUT2D eigenvalue weighted by atomic mass is 9.96. The van der Waals surface area contributed by atoms with Gasteiger partial charge in [-0.05, 0) is 42.8 Å². The molecule has 0 aliphatic heterocycles. The average Bonchev–Trinajstić information content (AvgIpc) is 2.99. The lowest BCUT2D eigenvalue weighted by molar-refractivity contribution is 0.922. The van der Waals surface area contributed by atoms with Gasteiger partial charge in [-0.1, -0.05) is 53.5 Å². The number of benzene rings is 2. The summed E-state index contributed by atoms with van der Waals surface area (Å²) in [6.45, 7) is 2.08. The summed E-state index contributed by atoms with van der Waals surface area (Å²) in [5, 5.41) is 5.80. The van der Waals surface area contributed by atoms with Crippen molar-refractivity contribution in [1.82, 2.24) is 9.97 Å². The van der Waals surface area contributed by atoms with Crippen molar-refractivity contribution >= 4 is 39.9 Å². The molecule has 0 fully saturated rings. The lowest BCUT2D eigenvalue weighted by Gasteiger charge is -2.21. The Kier molecular flexibility index (Phi) is 4.58. The van der Waals surface area contributed by atoms with Crippen LogP contribution in [-0.2, 0) is 0 Å². The Hall–Kier alpha value is -2.49. The van der Waals surface area contributed by atoms with Gasteiger partial charge in [0.15, 0.2) is 0 Å². The number of para-hydroxylation sites is 1. The van der Waals surface area contributed by atoms with Gasteiger partial charge in [-0.2, -0.15) is 0 Å². The minimum Gasteiger partial charge on any atom is -0.359 e. The first-order chi connectivity index (χ1) is 12.6. The fourth-order valence-corrected chi connectivity index (χ4v) is 3.59. The second-order valence-corrected chi connectivity index (χ2v) is 6.99. The van der Waals surface area contributed by atoms with Crippen LogP contribution in [0.4, 0.5) is 5.82 Å². The molecule has 0 aliphatic rings. The van der Waals surface area contributed by atoms with Gasteiger partial charge in [-0.15, -0.1) is 0 Å². The van der Waals surface area contributed by atoms with E-state index in [1.165, 1.54) is 10.9 Å². The first-order valence-electron chi connectivity index (χ1n) is 8.33. The number of aromatic amines is 1. The van der Waals surface area contributed by atoms with Crippen molar-refractivity contribution in [3.05, 3.63) is 93.7 Å². The summed E-state index contributed by atoms with van der Waals surface area (Å²) in [7, 11) is 0. The topological polar surface area (TPSA) is 40.7 Å². The Morgan fingerprint density at radius 3 is 2.54 bits per heavy atom. The molecule has 0 saturated heterocycles. The summed E-state index contributed by atoms with van der Waals surface area (Å²) in [4.78, 5) is 7.89. The highest BCUT2D eigenvalue weighted by Crippen LogP contribution is 2.36. The number of hydrogen-bond donors (Lipinski definition) is 2. The number of H-pyrrole nitrogens is 1. The minimum atomic E-state index is -0.115. The van der Waals surface area contributed by atoms with E-state index < -0.39 is 0 Å². The maximum Gasteiger partial charge on any atom is 0.126 e. The molecule has 0 bridgehead atoms. The van der Waals surface area contributed by atoms with E-state index in [2.05, 4.69) is 34.3 Å². The van der Waals surface area contributed by atoms with E-state index in [1.54, 1.807) is 6.20 Å². The molecule has 5 heteroatoms. The van der Waals surface area contributed by atoms with E-state index in [9.17, 15) is 0 Å². The second kappa shape index (κ2) is 7.02. The third kappa shape index (κ3) is 3.16. The van der Waals surface area contributed by atoms with Crippen molar-refractivity contribution in [3.8, 4) is 0 Å². The van der Waals surface area contributed by atoms with E-state index in [4.69, 9.17) is 23.2 Å². The Labute approximate surface area is 162 Å². The summed E-state index contributed by atoms with van der Waals surface area (Å²) < 4.78 is 0. The molecule has 4 rings (SSSR count). The summed E-state index contributed by atoms with van der Waals surface area (Å²) in [6.07, 6.45) is 1.77. The van der Waals surface area contributed by atoms with Crippen LogP contribution in [0.3, 0.4) is 0 Å². The van der Waals surface area contributed by atoms with Crippen molar-refractivity contribution in [2.45, 2.75) is 13.0 Å². The number of anilines is 1. The van der Waals surface area contributed by atoms with Gasteiger partial charge in [0.2, 0.25) is 0 Å². The molecule has 2 aromatic carbocycles. The fourth-order valence-electron chi connectivity index (χ4n) is 3.28. The Bertz CT molecular complexity index is 1060. The Morgan fingerprint density at radius 1 is 0.962 bits per heavy atom. The maximum atomic E-state index is 6.30. The van der Waals surface area contributed by atoms with E-state index >= 15 is 0 Å². The zero-order valence-electron chi connectivity index (χ0n) is 14.1. The molecule has 1 atom stereocenters. The largest absolute Gasteiger partial charge is 0.359 e. The van der Waals surface area contributed by atoms with Gasteiger partial charge in [-0.25, -0.2) is 4.98 Å². The molecule has 4 aromatic rings. The van der Waals surface area contributed by atoms with Crippen LogP contribution in [0.25, 0.3) is 10.9 Å². The van der Waals surface area contributed by atoms with Crippen LogP contribution in [-0.4, -0.2) is 9.97 Å². The average molecular weight is 382 g/mol. The highest BCUT2D eigenvalue weighted by molar-refractivity contribution is 6.42. The number of aryl methyl sites for hydroxylation is 1. The zero-order chi connectivity index (χ0) is 18.1. The Morgan fingerprint density at radius 2 is 1.77 bits per heavy atom. The van der Waals surface area contributed by atoms with E-state index in [0.717, 1.165) is 22.6 Å². The molecule has 0 amide bonds. The third-order valence-corrected chi connectivity index (χ3v) is 5.21. The van der Waals surface area contributed by atoms with Crippen molar-refractivity contribution in [1.29, 1.82) is 0 Å². The molecule has 0 radical (unpaired) electrons. The highest BCUT2D eigenvalue weighted by Gasteiger charge is 2.22. The van der Waals surface area contributed by atoms with Crippen LogP contribution in [0, 0.1) is 6.92 Å². The molecule has 1 unspecified atom stereocenters. The number of nitrogens with zero attached hydrogens (tertiary/aromatic N) is 1. The van der Waals surface area contributed by atoms with E-state index in [0.29, 0.717) is 10.0 Å². The van der Waals surface area contributed by atoms with Gasteiger partial charge < -0.3 is 10.3 Å². The minimum absolute atomic E-state index is 0.115. The van der Waals surface area contributed by atoms with Crippen LogP contribution in [0.15, 0.2) is 66.9 Å². The lowest BCUT2D eigenvalue weighted by Crippen LogP contribution is -2.14. The number of fused-ring (bicyclic) bond motifs is 1. The standard InChI is InChI=1S/C21H17Cl2N3/c1-13-20(15-6-2-3-7-18(15)25-13)21(26-19-8-4-5-11-24-19)14-9-10-16(22)17(23)12-14/h2-12,21,25H,1H3,(H,24,26). The molecule has 0 aliphatic carbocycles. The first kappa shape index (κ1) is 17.0. The molecule has 2 N–H and O–H groups in total. The van der Waals surface area contributed by atoms with Gasteiger partial charge >= 0.3 is 0 Å². The maximum absolute atomic E-state index is 6.30. The number of hydrogen-bond acceptors (Lipinski definition) is 2.